The van der Waals surface area contributed by atoms with Gasteiger partial charge in [-0.15, -0.1) is 11.3 Å². The van der Waals surface area contributed by atoms with Gasteiger partial charge in [0.05, 0.1) is 12.7 Å². The molecule has 0 bridgehead atoms. The predicted octanol–water partition coefficient (Wildman–Crippen LogP) is 4.59. The highest BCUT2D eigenvalue weighted by molar-refractivity contribution is 7.11. The monoisotopic (exact) mass is 295 g/mol. The van der Waals surface area contributed by atoms with E-state index in [1.54, 1.807) is 0 Å². The first kappa shape index (κ1) is 16.0. The van der Waals surface area contributed by atoms with Gasteiger partial charge in [-0.25, -0.2) is 0 Å². The van der Waals surface area contributed by atoms with Crippen LogP contribution in [-0.2, 0) is 17.9 Å². The van der Waals surface area contributed by atoms with Crippen LogP contribution in [0.4, 0.5) is 0 Å². The quantitative estimate of drug-likeness (QED) is 0.829. The number of ether oxygens (including phenoxy) is 1. The van der Waals surface area contributed by atoms with E-state index in [1.807, 2.05) is 11.3 Å². The molecule has 0 radical (unpaired) electrons. The van der Waals surface area contributed by atoms with Gasteiger partial charge >= 0.3 is 0 Å². The van der Waals surface area contributed by atoms with E-state index in [0.29, 0.717) is 11.5 Å². The van der Waals surface area contributed by atoms with Crippen molar-refractivity contribution in [2.24, 2.45) is 11.3 Å². The zero-order chi connectivity index (χ0) is 14.6. The number of hydrogen-bond donors (Lipinski definition) is 1. The maximum absolute atomic E-state index is 6.18. The van der Waals surface area contributed by atoms with Gasteiger partial charge in [-0.2, -0.15) is 0 Å². The molecule has 2 rings (SSSR count). The molecule has 114 valence electrons. The predicted molar refractivity (Wildman–Crippen MR) is 87.1 cm³/mol. The average molecular weight is 295 g/mol. The summed E-state index contributed by atoms with van der Waals surface area (Å²) >= 11 is 1.87. The molecule has 0 saturated heterocycles. The molecule has 0 amide bonds. The zero-order valence-electron chi connectivity index (χ0n) is 13.4. The van der Waals surface area contributed by atoms with Crippen molar-refractivity contribution in [2.75, 3.05) is 6.54 Å². The van der Waals surface area contributed by atoms with Crippen molar-refractivity contribution in [1.82, 2.24) is 5.32 Å². The number of thiophene rings is 1. The van der Waals surface area contributed by atoms with Crippen molar-refractivity contribution in [3.8, 4) is 0 Å². The number of rotatable bonds is 6. The summed E-state index contributed by atoms with van der Waals surface area (Å²) in [5.74, 6) is 0.788. The molecule has 2 atom stereocenters. The smallest absolute Gasteiger partial charge is 0.0813 e. The Hall–Kier alpha value is -0.380. The van der Waals surface area contributed by atoms with Crippen LogP contribution in [0.25, 0.3) is 0 Å². The lowest BCUT2D eigenvalue weighted by Gasteiger charge is -2.38. The molecule has 2 unspecified atom stereocenters. The molecule has 1 N–H and O–H groups in total. The first-order chi connectivity index (χ1) is 9.48. The summed E-state index contributed by atoms with van der Waals surface area (Å²) in [6, 6.07) is 4.44. The van der Waals surface area contributed by atoms with Crippen molar-refractivity contribution in [3.63, 3.8) is 0 Å². The van der Waals surface area contributed by atoms with Gasteiger partial charge in [-0.05, 0) is 49.3 Å². The molecule has 1 aromatic heterocycles. The van der Waals surface area contributed by atoms with E-state index in [4.69, 9.17) is 4.74 Å². The first-order valence-corrected chi connectivity index (χ1v) is 8.70. The van der Waals surface area contributed by atoms with Crippen LogP contribution in [-0.4, -0.2) is 12.6 Å². The van der Waals surface area contributed by atoms with Gasteiger partial charge in [-0.1, -0.05) is 27.7 Å². The van der Waals surface area contributed by atoms with E-state index in [2.05, 4.69) is 45.1 Å². The molecule has 1 saturated carbocycles. The van der Waals surface area contributed by atoms with Crippen molar-refractivity contribution >= 4 is 11.3 Å². The Balaban J connectivity index is 1.81. The molecule has 3 heteroatoms. The van der Waals surface area contributed by atoms with Crippen molar-refractivity contribution in [2.45, 2.75) is 66.2 Å². The SMILES string of the molecule is CCNCc1ccc(COC2CC(C)CC(C)(C)C2)s1. The standard InChI is InChI=1S/C17H29NOS/c1-5-18-11-15-6-7-16(20-15)12-19-14-8-13(2)9-17(3,4)10-14/h6-7,13-14,18H,5,8-12H2,1-4H3. The molecule has 0 aliphatic heterocycles. The van der Waals surface area contributed by atoms with Crippen LogP contribution in [0, 0.1) is 11.3 Å². The van der Waals surface area contributed by atoms with Gasteiger partial charge in [0.15, 0.2) is 0 Å². The molecule has 0 spiro atoms. The highest BCUT2D eigenvalue weighted by atomic mass is 32.1. The summed E-state index contributed by atoms with van der Waals surface area (Å²) in [4.78, 5) is 2.76. The topological polar surface area (TPSA) is 21.3 Å². The molecule has 1 aromatic rings. The third kappa shape index (κ3) is 4.87. The lowest BCUT2D eigenvalue weighted by molar-refractivity contribution is -0.0306. The average Bonchev–Trinajstić information content (AvgIpc) is 2.79. The minimum atomic E-state index is 0.438. The van der Waals surface area contributed by atoms with E-state index in [-0.39, 0.29) is 0 Å². The lowest BCUT2D eigenvalue weighted by Crippen LogP contribution is -2.32. The van der Waals surface area contributed by atoms with Gasteiger partial charge in [0.2, 0.25) is 0 Å². The third-order valence-corrected chi connectivity index (χ3v) is 5.13. The second-order valence-corrected chi connectivity index (χ2v) is 8.25. The maximum atomic E-state index is 6.18. The third-order valence-electron chi connectivity index (χ3n) is 4.07. The Labute approximate surface area is 127 Å². The second kappa shape index (κ2) is 7.06. The second-order valence-electron chi connectivity index (χ2n) is 6.99. The Kier molecular flexibility index (Phi) is 5.65. The summed E-state index contributed by atoms with van der Waals surface area (Å²) in [7, 11) is 0. The lowest BCUT2D eigenvalue weighted by atomic mass is 9.71. The van der Waals surface area contributed by atoms with Crippen LogP contribution in [0.5, 0.6) is 0 Å². The fourth-order valence-corrected chi connectivity index (χ4v) is 4.34. The van der Waals surface area contributed by atoms with E-state index < -0.39 is 0 Å². The number of nitrogens with one attached hydrogen (secondary N) is 1. The molecular formula is C17H29NOS. The summed E-state index contributed by atoms with van der Waals surface area (Å²) < 4.78 is 6.18. The molecule has 1 aliphatic carbocycles. The zero-order valence-corrected chi connectivity index (χ0v) is 14.2. The van der Waals surface area contributed by atoms with E-state index in [9.17, 15) is 0 Å². The Morgan fingerprint density at radius 1 is 1.30 bits per heavy atom. The van der Waals surface area contributed by atoms with Gasteiger partial charge in [0, 0.05) is 16.3 Å². The van der Waals surface area contributed by atoms with Crippen LogP contribution >= 0.6 is 11.3 Å². The van der Waals surface area contributed by atoms with Crippen LogP contribution < -0.4 is 5.32 Å². The molecular weight excluding hydrogens is 266 g/mol. The molecule has 2 nitrogen and oxygen atoms in total. The Bertz CT molecular complexity index is 413. The van der Waals surface area contributed by atoms with Gasteiger partial charge in [0.25, 0.3) is 0 Å². The van der Waals surface area contributed by atoms with E-state index >= 15 is 0 Å². The van der Waals surface area contributed by atoms with E-state index in [0.717, 1.165) is 25.6 Å². The van der Waals surface area contributed by atoms with Crippen LogP contribution in [0.15, 0.2) is 12.1 Å². The largest absolute Gasteiger partial charge is 0.373 e. The van der Waals surface area contributed by atoms with Crippen molar-refractivity contribution < 1.29 is 4.74 Å². The number of hydrogen-bond acceptors (Lipinski definition) is 3. The molecule has 20 heavy (non-hydrogen) atoms. The molecule has 1 fully saturated rings. The van der Waals surface area contributed by atoms with Crippen molar-refractivity contribution in [3.05, 3.63) is 21.9 Å². The van der Waals surface area contributed by atoms with Gasteiger partial charge in [0.1, 0.15) is 0 Å². The maximum Gasteiger partial charge on any atom is 0.0813 e. The Morgan fingerprint density at radius 2 is 2.05 bits per heavy atom. The fourth-order valence-electron chi connectivity index (χ4n) is 3.43. The molecule has 0 aromatic carbocycles. The van der Waals surface area contributed by atoms with Crippen LogP contribution in [0.3, 0.4) is 0 Å². The highest BCUT2D eigenvalue weighted by Gasteiger charge is 2.32. The van der Waals surface area contributed by atoms with Crippen LogP contribution in [0.2, 0.25) is 0 Å². The van der Waals surface area contributed by atoms with Crippen molar-refractivity contribution in [1.29, 1.82) is 0 Å². The fraction of sp³-hybridized carbons (Fsp3) is 0.765. The Morgan fingerprint density at radius 3 is 2.75 bits per heavy atom. The molecule has 1 heterocycles. The minimum absolute atomic E-state index is 0.438. The normalized spacial score (nSPS) is 25.8. The summed E-state index contributed by atoms with van der Waals surface area (Å²) in [6.45, 7) is 12.0. The molecule has 1 aliphatic rings. The highest BCUT2D eigenvalue weighted by Crippen LogP contribution is 2.40. The minimum Gasteiger partial charge on any atom is -0.373 e. The van der Waals surface area contributed by atoms with Gasteiger partial charge in [-0.3, -0.25) is 0 Å². The summed E-state index contributed by atoms with van der Waals surface area (Å²) in [6.07, 6.45) is 4.19. The first-order valence-electron chi connectivity index (χ1n) is 7.88. The summed E-state index contributed by atoms with van der Waals surface area (Å²) in [5, 5.41) is 3.37. The summed E-state index contributed by atoms with van der Waals surface area (Å²) in [5.41, 5.74) is 0.438. The van der Waals surface area contributed by atoms with E-state index in [1.165, 1.54) is 29.0 Å². The van der Waals surface area contributed by atoms with Crippen LogP contribution in [0.1, 0.15) is 56.7 Å². The van der Waals surface area contributed by atoms with Gasteiger partial charge < -0.3 is 10.1 Å².